The number of methoxy groups -OCH3 is 1. The van der Waals surface area contributed by atoms with Crippen LogP contribution in [-0.2, 0) is 16.0 Å². The number of fused-ring (bicyclic) bond motifs is 1. The van der Waals surface area contributed by atoms with Crippen LogP contribution in [0.25, 0.3) is 0 Å². The van der Waals surface area contributed by atoms with Gasteiger partial charge in [-0.25, -0.2) is 0 Å². The number of halogens is 1. The summed E-state index contributed by atoms with van der Waals surface area (Å²) in [5, 5.41) is 0.447. The highest BCUT2D eigenvalue weighted by Gasteiger charge is 2.38. The molecule has 0 bridgehead atoms. The number of aryl methyl sites for hydroxylation is 1. The summed E-state index contributed by atoms with van der Waals surface area (Å²) >= 11 is 6.19. The number of para-hydroxylation sites is 1. The zero-order chi connectivity index (χ0) is 19.0. The Balaban J connectivity index is 1.54. The zero-order valence-electron chi connectivity index (χ0n) is 15.2. The van der Waals surface area contributed by atoms with E-state index in [-0.39, 0.29) is 24.2 Å². The second kappa shape index (κ2) is 7.24. The van der Waals surface area contributed by atoms with E-state index in [2.05, 4.69) is 6.07 Å². The first-order valence-electron chi connectivity index (χ1n) is 9.11. The Bertz CT molecular complexity index is 899. The number of carbonyl (C=O) groups is 2. The first kappa shape index (κ1) is 17.9. The molecular weight excluding hydrogens is 364 g/mol. The van der Waals surface area contributed by atoms with Crippen LogP contribution in [0.2, 0.25) is 5.02 Å². The van der Waals surface area contributed by atoms with E-state index in [0.717, 1.165) is 18.5 Å². The van der Waals surface area contributed by atoms with Crippen LogP contribution in [0.15, 0.2) is 42.5 Å². The van der Waals surface area contributed by atoms with Gasteiger partial charge in [0.25, 0.3) is 0 Å². The fraction of sp³-hybridized carbons (Fsp3) is 0.333. The van der Waals surface area contributed by atoms with E-state index in [4.69, 9.17) is 16.3 Å². The molecule has 4 rings (SSSR count). The molecule has 2 aromatic rings. The van der Waals surface area contributed by atoms with Gasteiger partial charge in [-0.3, -0.25) is 9.59 Å². The van der Waals surface area contributed by atoms with Crippen molar-refractivity contribution >= 4 is 34.8 Å². The Morgan fingerprint density at radius 1 is 1.22 bits per heavy atom. The largest absolute Gasteiger partial charge is 0.495 e. The quantitative estimate of drug-likeness (QED) is 0.811. The number of anilines is 2. The number of carbonyl (C=O) groups excluding carboxylic acids is 2. The second-order valence-corrected chi connectivity index (χ2v) is 7.35. The van der Waals surface area contributed by atoms with Gasteiger partial charge in [0.15, 0.2) is 0 Å². The summed E-state index contributed by atoms with van der Waals surface area (Å²) in [5.41, 5.74) is 2.87. The van der Waals surface area contributed by atoms with Crippen LogP contribution in [0, 0.1) is 5.92 Å². The highest BCUT2D eigenvalue weighted by Crippen LogP contribution is 2.34. The van der Waals surface area contributed by atoms with Crippen LogP contribution in [-0.4, -0.2) is 32.0 Å². The van der Waals surface area contributed by atoms with Gasteiger partial charge >= 0.3 is 0 Å². The number of nitrogens with zero attached hydrogens (tertiary/aromatic N) is 2. The van der Waals surface area contributed by atoms with Gasteiger partial charge < -0.3 is 14.5 Å². The topological polar surface area (TPSA) is 49.9 Å². The Morgan fingerprint density at radius 2 is 2.04 bits per heavy atom. The van der Waals surface area contributed by atoms with E-state index in [1.807, 2.05) is 23.1 Å². The van der Waals surface area contributed by atoms with Crippen molar-refractivity contribution in [3.63, 3.8) is 0 Å². The van der Waals surface area contributed by atoms with Crippen LogP contribution in [0.1, 0.15) is 18.4 Å². The van der Waals surface area contributed by atoms with Crippen molar-refractivity contribution in [1.29, 1.82) is 0 Å². The minimum atomic E-state index is -0.343. The number of hydrogen-bond donors (Lipinski definition) is 0. The number of amides is 2. The molecule has 0 spiro atoms. The normalized spacial score (nSPS) is 19.2. The molecule has 2 aromatic carbocycles. The van der Waals surface area contributed by atoms with E-state index >= 15 is 0 Å². The molecule has 5 nitrogen and oxygen atoms in total. The highest BCUT2D eigenvalue weighted by atomic mass is 35.5. The average Bonchev–Trinajstić information content (AvgIpc) is 3.08. The first-order valence-corrected chi connectivity index (χ1v) is 9.49. The molecule has 1 fully saturated rings. The van der Waals surface area contributed by atoms with E-state index in [0.29, 0.717) is 29.5 Å². The summed E-state index contributed by atoms with van der Waals surface area (Å²) in [5.74, 6) is 0.187. The number of benzene rings is 2. The van der Waals surface area contributed by atoms with Crippen LogP contribution in [0.4, 0.5) is 11.4 Å². The first-order chi connectivity index (χ1) is 13.1. The van der Waals surface area contributed by atoms with E-state index in [1.54, 1.807) is 30.2 Å². The Hall–Kier alpha value is -2.53. The zero-order valence-corrected chi connectivity index (χ0v) is 15.9. The van der Waals surface area contributed by atoms with Crippen LogP contribution >= 0.6 is 11.6 Å². The minimum Gasteiger partial charge on any atom is -0.495 e. The van der Waals surface area contributed by atoms with Crippen molar-refractivity contribution in [3.05, 3.63) is 53.1 Å². The Kier molecular flexibility index (Phi) is 4.79. The summed E-state index contributed by atoms with van der Waals surface area (Å²) in [4.78, 5) is 29.2. The van der Waals surface area contributed by atoms with Gasteiger partial charge in [0.2, 0.25) is 11.8 Å². The maximum atomic E-state index is 13.2. The third-order valence-electron chi connectivity index (χ3n) is 5.30. The lowest BCUT2D eigenvalue weighted by molar-refractivity contribution is -0.124. The summed E-state index contributed by atoms with van der Waals surface area (Å²) in [7, 11) is 1.55. The molecule has 0 saturated carbocycles. The van der Waals surface area contributed by atoms with Crippen molar-refractivity contribution in [2.75, 3.05) is 30.0 Å². The van der Waals surface area contributed by atoms with Crippen molar-refractivity contribution in [2.45, 2.75) is 19.3 Å². The van der Waals surface area contributed by atoms with Crippen LogP contribution < -0.4 is 14.5 Å². The molecular formula is C21H21ClN2O3. The molecule has 1 unspecified atom stereocenters. The predicted molar refractivity (Wildman–Crippen MR) is 106 cm³/mol. The van der Waals surface area contributed by atoms with E-state index in [1.165, 1.54) is 5.56 Å². The molecule has 0 radical (unpaired) electrons. The minimum absolute atomic E-state index is 0.0256. The van der Waals surface area contributed by atoms with Gasteiger partial charge in [0.1, 0.15) is 5.75 Å². The lowest BCUT2D eigenvalue weighted by Crippen LogP contribution is -2.40. The summed E-state index contributed by atoms with van der Waals surface area (Å²) in [6, 6.07) is 13.3. The fourth-order valence-electron chi connectivity index (χ4n) is 3.93. The molecule has 0 N–H and O–H groups in total. The monoisotopic (exact) mass is 384 g/mol. The molecule has 27 heavy (non-hydrogen) atoms. The highest BCUT2D eigenvalue weighted by molar-refractivity contribution is 6.32. The number of hydrogen-bond acceptors (Lipinski definition) is 3. The molecule has 0 aromatic heterocycles. The number of rotatable bonds is 3. The fourth-order valence-corrected chi connectivity index (χ4v) is 4.18. The lowest BCUT2D eigenvalue weighted by Gasteiger charge is -2.31. The summed E-state index contributed by atoms with van der Waals surface area (Å²) in [6.45, 7) is 1.08. The Morgan fingerprint density at radius 3 is 2.81 bits per heavy atom. The molecule has 2 aliphatic heterocycles. The molecule has 6 heteroatoms. The van der Waals surface area contributed by atoms with Gasteiger partial charge in [-0.1, -0.05) is 29.8 Å². The molecule has 2 aliphatic rings. The average molecular weight is 385 g/mol. The molecule has 2 amide bonds. The summed E-state index contributed by atoms with van der Waals surface area (Å²) in [6.07, 6.45) is 2.16. The van der Waals surface area contributed by atoms with Gasteiger partial charge in [-0.05, 0) is 42.7 Å². The third kappa shape index (κ3) is 3.28. The van der Waals surface area contributed by atoms with Crippen molar-refractivity contribution in [1.82, 2.24) is 0 Å². The Labute approximate surface area is 163 Å². The second-order valence-electron chi connectivity index (χ2n) is 6.95. The van der Waals surface area contributed by atoms with Crippen LogP contribution in [0.5, 0.6) is 5.75 Å². The molecule has 1 saturated heterocycles. The van der Waals surface area contributed by atoms with E-state index in [9.17, 15) is 9.59 Å². The molecule has 1 atom stereocenters. The van der Waals surface area contributed by atoms with Crippen LogP contribution in [0.3, 0.4) is 0 Å². The van der Waals surface area contributed by atoms with Crippen molar-refractivity contribution in [2.24, 2.45) is 5.92 Å². The predicted octanol–water partition coefficient (Wildman–Crippen LogP) is 3.68. The maximum absolute atomic E-state index is 13.2. The smallest absolute Gasteiger partial charge is 0.232 e. The standard InChI is InChI=1S/C21H21ClN2O3/c1-27-19-9-8-16(12-17(19)22)24-13-15(11-20(24)25)21(26)23-10-4-6-14-5-2-3-7-18(14)23/h2-3,5,7-9,12,15H,4,6,10-11,13H2,1H3. The van der Waals surface area contributed by atoms with Gasteiger partial charge in [-0.15, -0.1) is 0 Å². The summed E-state index contributed by atoms with van der Waals surface area (Å²) < 4.78 is 5.17. The van der Waals surface area contributed by atoms with Crippen molar-refractivity contribution in [3.8, 4) is 5.75 Å². The van der Waals surface area contributed by atoms with Gasteiger partial charge in [0.05, 0.1) is 18.1 Å². The molecule has 140 valence electrons. The lowest BCUT2D eigenvalue weighted by atomic mass is 9.99. The van der Waals surface area contributed by atoms with Crippen molar-refractivity contribution < 1.29 is 14.3 Å². The van der Waals surface area contributed by atoms with Gasteiger partial charge in [-0.2, -0.15) is 0 Å². The maximum Gasteiger partial charge on any atom is 0.232 e. The number of ether oxygens (including phenoxy) is 1. The van der Waals surface area contributed by atoms with Gasteiger partial charge in [0, 0.05) is 30.9 Å². The SMILES string of the molecule is COc1ccc(N2CC(C(=O)N3CCCc4ccccc43)CC2=O)cc1Cl. The molecule has 0 aliphatic carbocycles. The molecule has 2 heterocycles. The third-order valence-corrected chi connectivity index (χ3v) is 5.59. The van der Waals surface area contributed by atoms with E-state index < -0.39 is 0 Å².